The van der Waals surface area contributed by atoms with Gasteiger partial charge in [-0.2, -0.15) is 9.41 Å². The normalized spacial score (nSPS) is 17.6. The number of ether oxygens (including phenoxy) is 1. The number of carbonyl (C=O) groups is 1. The summed E-state index contributed by atoms with van der Waals surface area (Å²) in [6.45, 7) is 2.19. The second-order valence-electron chi connectivity index (χ2n) is 6.69. The smallest absolute Gasteiger partial charge is 0.258 e. The minimum absolute atomic E-state index is 0.110. The highest BCUT2D eigenvalue weighted by atomic mass is 35.5. The summed E-state index contributed by atoms with van der Waals surface area (Å²) in [6, 6.07) is 10.6. The van der Waals surface area contributed by atoms with Gasteiger partial charge >= 0.3 is 0 Å². The number of methoxy groups -OCH3 is 1. The van der Waals surface area contributed by atoms with E-state index in [0.717, 1.165) is 16.9 Å². The Balaban J connectivity index is 1.70. The highest BCUT2D eigenvalue weighted by Crippen LogP contribution is 2.27. The van der Waals surface area contributed by atoms with Crippen LogP contribution in [0, 0.1) is 6.92 Å². The highest BCUT2D eigenvalue weighted by molar-refractivity contribution is 7.89. The molecule has 0 aromatic heterocycles. The summed E-state index contributed by atoms with van der Waals surface area (Å²) in [7, 11) is -2.19. The van der Waals surface area contributed by atoms with E-state index in [-0.39, 0.29) is 11.4 Å². The molecule has 2 aromatic rings. The first-order valence-corrected chi connectivity index (χ1v) is 10.9. The second kappa shape index (κ2) is 8.94. The molecule has 3 rings (SSSR count). The van der Waals surface area contributed by atoms with Crippen molar-refractivity contribution in [2.75, 3.05) is 13.7 Å². The Morgan fingerprint density at radius 2 is 2.00 bits per heavy atom. The van der Waals surface area contributed by atoms with Crippen molar-refractivity contribution >= 4 is 33.7 Å². The van der Waals surface area contributed by atoms with E-state index in [1.807, 2.05) is 25.1 Å². The third-order valence-electron chi connectivity index (χ3n) is 4.73. The van der Waals surface area contributed by atoms with E-state index < -0.39 is 22.0 Å². The number of nitrogens with zero attached hydrogens (tertiary/aromatic N) is 2. The van der Waals surface area contributed by atoms with Crippen LogP contribution < -0.4 is 10.2 Å². The maximum absolute atomic E-state index is 12.9. The fourth-order valence-corrected chi connectivity index (χ4v) is 5.04. The van der Waals surface area contributed by atoms with Gasteiger partial charge in [-0.15, -0.1) is 0 Å². The van der Waals surface area contributed by atoms with Crippen molar-refractivity contribution in [2.45, 2.75) is 30.7 Å². The first-order valence-electron chi connectivity index (χ1n) is 9.08. The number of aryl methyl sites for hydroxylation is 1. The lowest BCUT2D eigenvalue weighted by Gasteiger charge is -2.22. The molecule has 1 heterocycles. The molecule has 29 heavy (non-hydrogen) atoms. The van der Waals surface area contributed by atoms with E-state index in [2.05, 4.69) is 10.5 Å². The van der Waals surface area contributed by atoms with Crippen LogP contribution in [0.1, 0.15) is 24.0 Å². The van der Waals surface area contributed by atoms with E-state index in [1.54, 1.807) is 7.11 Å². The van der Waals surface area contributed by atoms with Crippen LogP contribution in [0.3, 0.4) is 0 Å². The van der Waals surface area contributed by atoms with Crippen LogP contribution in [0.25, 0.3) is 0 Å². The Morgan fingerprint density at radius 3 is 2.66 bits per heavy atom. The Kier molecular flexibility index (Phi) is 6.56. The molecule has 1 saturated heterocycles. The largest absolute Gasteiger partial charge is 0.496 e. The fourth-order valence-electron chi connectivity index (χ4n) is 3.26. The molecule has 2 aromatic carbocycles. The average molecular weight is 436 g/mol. The highest BCUT2D eigenvalue weighted by Gasteiger charge is 2.39. The lowest BCUT2D eigenvalue weighted by atomic mass is 10.1. The number of hydrogen-bond donors (Lipinski definition) is 1. The number of halogens is 1. The molecular weight excluding hydrogens is 414 g/mol. The summed E-state index contributed by atoms with van der Waals surface area (Å²) >= 11 is 5.84. The topological polar surface area (TPSA) is 88.1 Å². The summed E-state index contributed by atoms with van der Waals surface area (Å²) in [4.78, 5) is 12.7. The van der Waals surface area contributed by atoms with Gasteiger partial charge in [0.15, 0.2) is 0 Å². The molecule has 9 heteroatoms. The van der Waals surface area contributed by atoms with E-state index >= 15 is 0 Å². The molecule has 0 unspecified atom stereocenters. The predicted molar refractivity (Wildman–Crippen MR) is 112 cm³/mol. The van der Waals surface area contributed by atoms with E-state index in [0.29, 0.717) is 17.9 Å². The molecule has 0 saturated carbocycles. The lowest BCUT2D eigenvalue weighted by molar-refractivity contribution is -0.124. The predicted octanol–water partition coefficient (Wildman–Crippen LogP) is 2.96. The van der Waals surface area contributed by atoms with Crippen LogP contribution >= 0.6 is 11.6 Å². The van der Waals surface area contributed by atoms with Crippen molar-refractivity contribution in [1.29, 1.82) is 0 Å². The number of benzene rings is 2. The van der Waals surface area contributed by atoms with Crippen molar-refractivity contribution in [1.82, 2.24) is 9.73 Å². The van der Waals surface area contributed by atoms with Gasteiger partial charge < -0.3 is 4.74 Å². The van der Waals surface area contributed by atoms with Gasteiger partial charge in [0.1, 0.15) is 11.8 Å². The Morgan fingerprint density at radius 1 is 1.28 bits per heavy atom. The van der Waals surface area contributed by atoms with Crippen molar-refractivity contribution in [3.8, 4) is 5.75 Å². The van der Waals surface area contributed by atoms with Gasteiger partial charge in [0.05, 0.1) is 18.2 Å². The van der Waals surface area contributed by atoms with Crippen LogP contribution in [0.2, 0.25) is 5.02 Å². The van der Waals surface area contributed by atoms with Gasteiger partial charge in [-0.05, 0) is 73.4 Å². The van der Waals surface area contributed by atoms with E-state index in [9.17, 15) is 13.2 Å². The summed E-state index contributed by atoms with van der Waals surface area (Å²) in [5, 5.41) is 4.43. The molecule has 0 radical (unpaired) electrons. The van der Waals surface area contributed by atoms with E-state index in [4.69, 9.17) is 16.3 Å². The van der Waals surface area contributed by atoms with Crippen molar-refractivity contribution < 1.29 is 17.9 Å². The Bertz CT molecular complexity index is 1020. The molecule has 0 bridgehead atoms. The molecule has 1 aliphatic rings. The number of hydrogen-bond acceptors (Lipinski definition) is 5. The van der Waals surface area contributed by atoms with Crippen LogP contribution in [0.5, 0.6) is 5.75 Å². The molecule has 1 N–H and O–H groups in total. The van der Waals surface area contributed by atoms with Crippen molar-refractivity contribution in [3.05, 3.63) is 58.6 Å². The zero-order valence-electron chi connectivity index (χ0n) is 16.1. The molecule has 1 atom stereocenters. The van der Waals surface area contributed by atoms with Crippen LogP contribution in [-0.4, -0.2) is 44.5 Å². The lowest BCUT2D eigenvalue weighted by Crippen LogP contribution is -2.44. The third-order valence-corrected chi connectivity index (χ3v) is 6.91. The maximum Gasteiger partial charge on any atom is 0.258 e. The molecular formula is C20H22ClN3O4S. The Hall–Kier alpha value is -2.42. The molecule has 0 aliphatic carbocycles. The first kappa shape index (κ1) is 21.3. The summed E-state index contributed by atoms with van der Waals surface area (Å²) < 4.78 is 32.2. The summed E-state index contributed by atoms with van der Waals surface area (Å²) in [5.41, 5.74) is 4.19. The molecule has 1 fully saturated rings. The van der Waals surface area contributed by atoms with Crippen LogP contribution in [-0.2, 0) is 14.8 Å². The van der Waals surface area contributed by atoms with Crippen LogP contribution in [0.15, 0.2) is 52.5 Å². The quantitative estimate of drug-likeness (QED) is 0.558. The molecule has 0 spiro atoms. The SMILES string of the molecule is COc1ccc(/C=N\NC(=O)[C@H]2CCCN2S(=O)(=O)c2ccc(Cl)cc2)cc1C. The number of amides is 1. The van der Waals surface area contributed by atoms with Gasteiger partial charge in [-0.25, -0.2) is 13.8 Å². The zero-order valence-corrected chi connectivity index (χ0v) is 17.7. The minimum Gasteiger partial charge on any atom is -0.496 e. The van der Waals surface area contributed by atoms with Gasteiger partial charge in [0.25, 0.3) is 5.91 Å². The third kappa shape index (κ3) is 4.77. The number of sulfonamides is 1. The monoisotopic (exact) mass is 435 g/mol. The zero-order chi connectivity index (χ0) is 21.0. The van der Waals surface area contributed by atoms with Crippen LogP contribution in [0.4, 0.5) is 0 Å². The number of hydrazone groups is 1. The number of nitrogens with one attached hydrogen (secondary N) is 1. The van der Waals surface area contributed by atoms with Crippen molar-refractivity contribution in [3.63, 3.8) is 0 Å². The summed E-state index contributed by atoms with van der Waals surface area (Å²) in [6.07, 6.45) is 2.55. The standard InChI is InChI=1S/C20H22ClN3O4S/c1-14-12-15(5-10-19(14)28-2)13-22-23-20(25)18-4-3-11-24(18)29(26,27)17-8-6-16(21)7-9-17/h5-10,12-13,18H,3-4,11H2,1-2H3,(H,23,25)/b22-13-/t18-/m1/s1. The van der Waals surface area contributed by atoms with Gasteiger partial charge in [0.2, 0.25) is 10.0 Å². The minimum atomic E-state index is -3.79. The van der Waals surface area contributed by atoms with Gasteiger partial charge in [-0.3, -0.25) is 4.79 Å². The molecule has 7 nitrogen and oxygen atoms in total. The number of rotatable bonds is 6. The Labute approximate surface area is 175 Å². The molecule has 154 valence electrons. The maximum atomic E-state index is 12.9. The van der Waals surface area contributed by atoms with Crippen molar-refractivity contribution in [2.24, 2.45) is 5.10 Å². The van der Waals surface area contributed by atoms with E-state index in [1.165, 1.54) is 34.8 Å². The van der Waals surface area contributed by atoms with Gasteiger partial charge in [-0.1, -0.05) is 11.6 Å². The average Bonchev–Trinajstić information content (AvgIpc) is 3.19. The number of carbonyl (C=O) groups excluding carboxylic acids is 1. The van der Waals surface area contributed by atoms with Gasteiger partial charge in [0, 0.05) is 11.6 Å². The summed E-state index contributed by atoms with van der Waals surface area (Å²) in [5.74, 6) is 0.307. The fraction of sp³-hybridized carbons (Fsp3) is 0.300. The second-order valence-corrected chi connectivity index (χ2v) is 9.02. The molecule has 1 aliphatic heterocycles. The first-order chi connectivity index (χ1) is 13.8. The molecule has 1 amide bonds.